The number of amides is 1. The predicted molar refractivity (Wildman–Crippen MR) is 84.7 cm³/mol. The van der Waals surface area contributed by atoms with E-state index in [2.05, 4.69) is 5.32 Å². The number of anilines is 1. The summed E-state index contributed by atoms with van der Waals surface area (Å²) in [5.74, 6) is -1.87. The van der Waals surface area contributed by atoms with Crippen molar-refractivity contribution in [2.75, 3.05) is 5.32 Å². The molecule has 0 saturated heterocycles. The lowest BCUT2D eigenvalue weighted by molar-refractivity contribution is -0.383. The van der Waals surface area contributed by atoms with Crippen LogP contribution in [-0.4, -0.2) is 28.0 Å². The number of nitro benzene ring substituents is 1. The molecule has 0 fully saturated rings. The molecule has 24 heavy (non-hydrogen) atoms. The van der Waals surface area contributed by atoms with Gasteiger partial charge in [0.05, 0.1) is 4.92 Å². The van der Waals surface area contributed by atoms with Gasteiger partial charge in [0.1, 0.15) is 17.0 Å². The van der Waals surface area contributed by atoms with E-state index in [1.165, 1.54) is 55.5 Å². The summed E-state index contributed by atoms with van der Waals surface area (Å²) < 4.78 is 4.97. The molecule has 2 rings (SSSR count). The minimum Gasteiger partial charge on any atom is -0.507 e. The second-order valence-corrected chi connectivity index (χ2v) is 4.83. The molecule has 2 aromatic carbocycles. The van der Waals surface area contributed by atoms with Crippen molar-refractivity contribution in [1.82, 2.24) is 0 Å². The molecule has 0 saturated carbocycles. The van der Waals surface area contributed by atoms with E-state index in [0.717, 1.165) is 0 Å². The summed E-state index contributed by atoms with van der Waals surface area (Å²) >= 11 is 0. The van der Waals surface area contributed by atoms with Crippen LogP contribution >= 0.6 is 0 Å². The van der Waals surface area contributed by atoms with Gasteiger partial charge in [0.25, 0.3) is 11.6 Å². The van der Waals surface area contributed by atoms with Crippen molar-refractivity contribution in [3.8, 4) is 5.75 Å². The van der Waals surface area contributed by atoms with Crippen LogP contribution in [0.2, 0.25) is 0 Å². The highest BCUT2D eigenvalue weighted by molar-refractivity contribution is 5.99. The molecule has 2 aromatic rings. The number of para-hydroxylation sites is 3. The average molecular weight is 330 g/mol. The number of carbonyl (C=O) groups excluding carboxylic acids is 2. The molecule has 0 bridgehead atoms. The van der Waals surface area contributed by atoms with Crippen LogP contribution in [0.1, 0.15) is 17.3 Å². The van der Waals surface area contributed by atoms with E-state index >= 15 is 0 Å². The Morgan fingerprint density at radius 3 is 2.46 bits per heavy atom. The first-order valence-corrected chi connectivity index (χ1v) is 6.93. The highest BCUT2D eigenvalue weighted by atomic mass is 16.6. The van der Waals surface area contributed by atoms with Gasteiger partial charge in [0.15, 0.2) is 6.10 Å². The van der Waals surface area contributed by atoms with Gasteiger partial charge in [-0.25, -0.2) is 4.79 Å². The second kappa shape index (κ2) is 7.23. The molecule has 0 radical (unpaired) electrons. The molecule has 124 valence electrons. The zero-order chi connectivity index (χ0) is 17.7. The maximum absolute atomic E-state index is 12.1. The first-order chi connectivity index (χ1) is 11.4. The second-order valence-electron chi connectivity index (χ2n) is 4.83. The number of phenolic OH excluding ortho intramolecular Hbond substituents is 1. The van der Waals surface area contributed by atoms with Crippen LogP contribution in [-0.2, 0) is 9.53 Å². The number of nitrogens with zero attached hydrogens (tertiary/aromatic N) is 1. The molecule has 1 amide bonds. The van der Waals surface area contributed by atoms with E-state index in [9.17, 15) is 24.8 Å². The minimum atomic E-state index is -1.21. The number of aromatic hydroxyl groups is 1. The third kappa shape index (κ3) is 3.86. The largest absolute Gasteiger partial charge is 0.507 e. The zero-order valence-electron chi connectivity index (χ0n) is 12.6. The van der Waals surface area contributed by atoms with Gasteiger partial charge in [-0.15, -0.1) is 0 Å². The van der Waals surface area contributed by atoms with Crippen LogP contribution in [0, 0.1) is 10.1 Å². The monoisotopic (exact) mass is 330 g/mol. The van der Waals surface area contributed by atoms with Gasteiger partial charge in [-0.1, -0.05) is 24.3 Å². The van der Waals surface area contributed by atoms with Crippen LogP contribution in [0.25, 0.3) is 0 Å². The molecule has 8 heteroatoms. The standard InChI is InChI=1S/C16H14N2O6/c1-10(24-16(21)11-6-2-5-9-14(11)19)15(20)17-12-7-3-4-8-13(12)18(22)23/h2-10,19H,1H3,(H,17,20)/t10-/m0/s1. The number of phenols is 1. The summed E-state index contributed by atoms with van der Waals surface area (Å²) in [6.45, 7) is 1.32. The number of esters is 1. The molecule has 2 N–H and O–H groups in total. The lowest BCUT2D eigenvalue weighted by Gasteiger charge is -2.14. The summed E-state index contributed by atoms with van der Waals surface area (Å²) in [5, 5.41) is 22.8. The number of benzene rings is 2. The van der Waals surface area contributed by atoms with E-state index in [1.54, 1.807) is 0 Å². The molecule has 0 aliphatic rings. The normalized spacial score (nSPS) is 11.4. The lowest BCUT2D eigenvalue weighted by Crippen LogP contribution is -2.30. The topological polar surface area (TPSA) is 119 Å². The van der Waals surface area contributed by atoms with Gasteiger partial charge in [-0.3, -0.25) is 14.9 Å². The average Bonchev–Trinajstić information content (AvgIpc) is 2.55. The first-order valence-electron chi connectivity index (χ1n) is 6.93. The summed E-state index contributed by atoms with van der Waals surface area (Å²) in [6, 6.07) is 11.3. The van der Waals surface area contributed by atoms with Crippen LogP contribution in [0.4, 0.5) is 11.4 Å². The number of nitrogens with one attached hydrogen (secondary N) is 1. The van der Waals surface area contributed by atoms with E-state index in [-0.39, 0.29) is 22.7 Å². The van der Waals surface area contributed by atoms with E-state index < -0.39 is 22.9 Å². The minimum absolute atomic E-state index is 0.00189. The number of carbonyl (C=O) groups is 2. The van der Waals surface area contributed by atoms with Gasteiger partial charge in [0.2, 0.25) is 0 Å². The fourth-order valence-electron chi connectivity index (χ4n) is 1.90. The van der Waals surface area contributed by atoms with Crippen LogP contribution < -0.4 is 5.32 Å². The van der Waals surface area contributed by atoms with Crippen molar-refractivity contribution < 1.29 is 24.4 Å². The Balaban J connectivity index is 2.07. The highest BCUT2D eigenvalue weighted by Gasteiger charge is 2.23. The highest BCUT2D eigenvalue weighted by Crippen LogP contribution is 2.23. The predicted octanol–water partition coefficient (Wildman–Crippen LogP) is 2.48. The van der Waals surface area contributed by atoms with Crippen molar-refractivity contribution in [3.63, 3.8) is 0 Å². The van der Waals surface area contributed by atoms with Gasteiger partial charge in [-0.05, 0) is 25.1 Å². The van der Waals surface area contributed by atoms with Crippen molar-refractivity contribution in [3.05, 3.63) is 64.2 Å². The zero-order valence-corrected chi connectivity index (χ0v) is 12.6. The Kier molecular flexibility index (Phi) is 5.10. The van der Waals surface area contributed by atoms with Crippen LogP contribution in [0.5, 0.6) is 5.75 Å². The van der Waals surface area contributed by atoms with E-state index in [0.29, 0.717) is 0 Å². The fourth-order valence-corrected chi connectivity index (χ4v) is 1.90. The van der Waals surface area contributed by atoms with Crippen molar-refractivity contribution >= 4 is 23.3 Å². The SMILES string of the molecule is C[C@H](OC(=O)c1ccccc1O)C(=O)Nc1ccccc1[N+](=O)[O-]. The van der Waals surface area contributed by atoms with Crippen LogP contribution in [0.3, 0.4) is 0 Å². The molecule has 0 heterocycles. The Labute approximate surface area is 136 Å². The van der Waals surface area contributed by atoms with Gasteiger partial charge < -0.3 is 15.2 Å². The van der Waals surface area contributed by atoms with Crippen molar-refractivity contribution in [2.45, 2.75) is 13.0 Å². The molecule has 0 spiro atoms. The fraction of sp³-hybridized carbons (Fsp3) is 0.125. The maximum atomic E-state index is 12.1. The Morgan fingerprint density at radius 1 is 1.17 bits per heavy atom. The number of nitro groups is 1. The van der Waals surface area contributed by atoms with Gasteiger partial charge >= 0.3 is 5.97 Å². The van der Waals surface area contributed by atoms with E-state index in [1.807, 2.05) is 0 Å². The van der Waals surface area contributed by atoms with Crippen molar-refractivity contribution in [2.24, 2.45) is 0 Å². The Morgan fingerprint density at radius 2 is 1.79 bits per heavy atom. The smallest absolute Gasteiger partial charge is 0.342 e. The number of ether oxygens (including phenoxy) is 1. The molecular formula is C16H14N2O6. The molecule has 0 aliphatic heterocycles. The van der Waals surface area contributed by atoms with Gasteiger partial charge in [0, 0.05) is 6.07 Å². The number of hydrogen-bond acceptors (Lipinski definition) is 6. The molecule has 0 aliphatic carbocycles. The summed E-state index contributed by atoms with van der Waals surface area (Å²) in [5.41, 5.74) is -0.356. The lowest BCUT2D eigenvalue weighted by atomic mass is 10.2. The summed E-state index contributed by atoms with van der Waals surface area (Å²) in [7, 11) is 0. The van der Waals surface area contributed by atoms with Crippen LogP contribution in [0.15, 0.2) is 48.5 Å². The molecule has 8 nitrogen and oxygen atoms in total. The number of rotatable bonds is 5. The summed E-state index contributed by atoms with van der Waals surface area (Å²) in [4.78, 5) is 34.3. The molecule has 0 unspecified atom stereocenters. The van der Waals surface area contributed by atoms with Crippen molar-refractivity contribution in [1.29, 1.82) is 0 Å². The molecule has 1 atom stereocenters. The summed E-state index contributed by atoms with van der Waals surface area (Å²) in [6.07, 6.45) is -1.21. The third-order valence-corrected chi connectivity index (χ3v) is 3.14. The molecule has 0 aromatic heterocycles. The maximum Gasteiger partial charge on any atom is 0.342 e. The Bertz CT molecular complexity index is 790. The Hall–Kier alpha value is -3.42. The van der Waals surface area contributed by atoms with Gasteiger partial charge in [-0.2, -0.15) is 0 Å². The number of hydrogen-bond donors (Lipinski definition) is 2. The first kappa shape index (κ1) is 16.9. The third-order valence-electron chi connectivity index (χ3n) is 3.14. The van der Waals surface area contributed by atoms with E-state index in [4.69, 9.17) is 4.74 Å². The quantitative estimate of drug-likeness (QED) is 0.494. The molecular weight excluding hydrogens is 316 g/mol.